The van der Waals surface area contributed by atoms with E-state index in [-0.39, 0.29) is 30.3 Å². The van der Waals surface area contributed by atoms with Crippen LogP contribution in [0.4, 0.5) is 5.69 Å². The van der Waals surface area contributed by atoms with Crippen molar-refractivity contribution in [3.63, 3.8) is 0 Å². The Morgan fingerprint density at radius 1 is 1.22 bits per heavy atom. The molecule has 2 aromatic rings. The molecule has 2 N–H and O–H groups in total. The Kier molecular flexibility index (Phi) is 6.32. The topological polar surface area (TPSA) is 61.4 Å². The number of nitrogens with zero attached hydrogens (tertiary/aromatic N) is 1. The molecule has 1 fully saturated rings. The Hall–Kier alpha value is -1.73. The van der Waals surface area contributed by atoms with Gasteiger partial charge in [0.1, 0.15) is 0 Å². The fourth-order valence-corrected chi connectivity index (χ4v) is 4.33. The number of fused-ring (bicyclic) bond motifs is 1. The first-order valence-electron chi connectivity index (χ1n) is 8.46. The molecule has 1 atom stereocenters. The summed E-state index contributed by atoms with van der Waals surface area (Å²) in [4.78, 5) is 27.7. The quantitative estimate of drug-likeness (QED) is 0.774. The van der Waals surface area contributed by atoms with Gasteiger partial charge < -0.3 is 15.5 Å². The lowest BCUT2D eigenvalue weighted by atomic mass is 10.0. The molecule has 0 aromatic heterocycles. The van der Waals surface area contributed by atoms with Crippen LogP contribution in [0.1, 0.15) is 22.0 Å². The average Bonchev–Trinajstić information content (AvgIpc) is 2.67. The number of hydrogen-bond donors (Lipinski definition) is 2. The molecule has 4 rings (SSSR count). The molecule has 2 aromatic carbocycles. The lowest BCUT2D eigenvalue weighted by Crippen LogP contribution is -2.48. The predicted octanol–water partition coefficient (Wildman–Crippen LogP) is 3.59. The van der Waals surface area contributed by atoms with E-state index in [1.807, 2.05) is 41.3 Å². The Balaban J connectivity index is 0.00000210. The van der Waals surface area contributed by atoms with Crippen LogP contribution < -0.4 is 10.6 Å². The summed E-state index contributed by atoms with van der Waals surface area (Å²) >= 11 is 7.63. The summed E-state index contributed by atoms with van der Waals surface area (Å²) in [5.41, 5.74) is 2.31. The summed E-state index contributed by atoms with van der Waals surface area (Å²) in [6.07, 6.45) is 0. The second kappa shape index (κ2) is 8.52. The maximum Gasteiger partial charge on any atom is 0.254 e. The molecule has 142 valence electrons. The number of anilines is 1. The third kappa shape index (κ3) is 4.24. The van der Waals surface area contributed by atoms with Crippen molar-refractivity contribution < 1.29 is 9.59 Å². The largest absolute Gasteiger partial charge is 0.329 e. The van der Waals surface area contributed by atoms with E-state index in [0.717, 1.165) is 17.0 Å². The van der Waals surface area contributed by atoms with E-state index in [4.69, 9.17) is 11.6 Å². The highest BCUT2D eigenvalue weighted by atomic mass is 35.5. The van der Waals surface area contributed by atoms with E-state index >= 15 is 0 Å². The second-order valence-corrected chi connectivity index (χ2v) is 7.77. The maximum absolute atomic E-state index is 13.2. The molecule has 2 amide bonds. The zero-order chi connectivity index (χ0) is 18.1. The number of piperazine rings is 1. The van der Waals surface area contributed by atoms with Gasteiger partial charge in [0.2, 0.25) is 5.91 Å². The van der Waals surface area contributed by atoms with Crippen LogP contribution >= 0.6 is 35.8 Å². The molecule has 2 aliphatic rings. The summed E-state index contributed by atoms with van der Waals surface area (Å²) in [5.74, 6) is 0.338. The number of benzene rings is 2. The second-order valence-electron chi connectivity index (χ2n) is 6.32. The van der Waals surface area contributed by atoms with Gasteiger partial charge in [0.05, 0.1) is 17.5 Å². The summed E-state index contributed by atoms with van der Waals surface area (Å²) in [5, 5.41) is 6.86. The van der Waals surface area contributed by atoms with Gasteiger partial charge in [-0.3, -0.25) is 9.59 Å². The predicted molar refractivity (Wildman–Crippen MR) is 111 cm³/mol. The number of rotatable bonds is 2. The lowest BCUT2D eigenvalue weighted by molar-refractivity contribution is -0.113. The number of halogens is 2. The van der Waals surface area contributed by atoms with E-state index in [9.17, 15) is 9.59 Å². The van der Waals surface area contributed by atoms with Crippen LogP contribution in [0.5, 0.6) is 0 Å². The van der Waals surface area contributed by atoms with Crippen LogP contribution in [-0.4, -0.2) is 42.1 Å². The molecule has 8 heteroatoms. The SMILES string of the molecule is Cl.O=C1CSc2ccc(C(=O)N3CCNCC3c3cccc(Cl)c3)cc2N1. The molecule has 0 radical (unpaired) electrons. The van der Waals surface area contributed by atoms with Gasteiger partial charge in [0, 0.05) is 35.1 Å². The molecule has 5 nitrogen and oxygen atoms in total. The van der Waals surface area contributed by atoms with Crippen molar-refractivity contribution in [2.24, 2.45) is 0 Å². The zero-order valence-corrected chi connectivity index (χ0v) is 16.8. The standard InChI is InChI=1S/C19H18ClN3O2S.ClH/c20-14-3-1-2-12(8-14)16-10-21-6-7-23(16)19(25)13-4-5-17-15(9-13)22-18(24)11-26-17;/h1-5,8-9,16,21H,6-7,10-11H2,(H,22,24);1H. The molecular formula is C19H19Cl2N3O2S. The van der Waals surface area contributed by atoms with Gasteiger partial charge in [-0.05, 0) is 35.9 Å². The van der Waals surface area contributed by atoms with Crippen molar-refractivity contribution >= 4 is 53.3 Å². The van der Waals surface area contributed by atoms with Crippen LogP contribution in [-0.2, 0) is 4.79 Å². The minimum absolute atomic E-state index is 0. The number of carbonyl (C=O) groups is 2. The minimum Gasteiger partial charge on any atom is -0.329 e. The lowest BCUT2D eigenvalue weighted by Gasteiger charge is -2.37. The van der Waals surface area contributed by atoms with Gasteiger partial charge in [0.15, 0.2) is 0 Å². The summed E-state index contributed by atoms with van der Waals surface area (Å²) in [6, 6.07) is 13.1. The fourth-order valence-electron chi connectivity index (χ4n) is 3.34. The fraction of sp³-hybridized carbons (Fsp3) is 0.263. The Morgan fingerprint density at radius 3 is 2.89 bits per heavy atom. The number of amides is 2. The third-order valence-electron chi connectivity index (χ3n) is 4.60. The van der Waals surface area contributed by atoms with E-state index < -0.39 is 0 Å². The summed E-state index contributed by atoms with van der Waals surface area (Å²) < 4.78 is 0. The van der Waals surface area contributed by atoms with Crippen molar-refractivity contribution in [2.75, 3.05) is 30.7 Å². The van der Waals surface area contributed by atoms with Crippen molar-refractivity contribution in [3.8, 4) is 0 Å². The summed E-state index contributed by atoms with van der Waals surface area (Å²) in [6.45, 7) is 2.05. The summed E-state index contributed by atoms with van der Waals surface area (Å²) in [7, 11) is 0. The van der Waals surface area contributed by atoms with Crippen LogP contribution in [0, 0.1) is 0 Å². The van der Waals surface area contributed by atoms with E-state index in [2.05, 4.69) is 10.6 Å². The number of hydrogen-bond acceptors (Lipinski definition) is 4. The molecule has 27 heavy (non-hydrogen) atoms. The monoisotopic (exact) mass is 423 g/mol. The highest BCUT2D eigenvalue weighted by molar-refractivity contribution is 8.00. The highest BCUT2D eigenvalue weighted by Crippen LogP contribution is 2.33. The molecule has 0 spiro atoms. The van der Waals surface area contributed by atoms with Gasteiger partial charge in [-0.25, -0.2) is 0 Å². The normalized spacial score (nSPS) is 18.9. The van der Waals surface area contributed by atoms with Crippen LogP contribution in [0.2, 0.25) is 5.02 Å². The molecule has 1 saturated heterocycles. The first-order chi connectivity index (χ1) is 12.6. The molecular weight excluding hydrogens is 405 g/mol. The highest BCUT2D eigenvalue weighted by Gasteiger charge is 2.29. The molecule has 0 bridgehead atoms. The van der Waals surface area contributed by atoms with Gasteiger partial charge in [-0.15, -0.1) is 24.2 Å². The first kappa shape index (κ1) is 20.0. The Labute approximate surface area is 173 Å². The van der Waals surface area contributed by atoms with E-state index in [1.54, 1.807) is 6.07 Å². The van der Waals surface area contributed by atoms with Gasteiger partial charge >= 0.3 is 0 Å². The van der Waals surface area contributed by atoms with Gasteiger partial charge in [-0.2, -0.15) is 0 Å². The molecule has 0 aliphatic carbocycles. The third-order valence-corrected chi connectivity index (χ3v) is 5.91. The number of thioether (sulfide) groups is 1. The van der Waals surface area contributed by atoms with Crippen LogP contribution in [0.3, 0.4) is 0 Å². The van der Waals surface area contributed by atoms with Crippen molar-refractivity contribution in [1.29, 1.82) is 0 Å². The Bertz CT molecular complexity index is 878. The van der Waals surface area contributed by atoms with Crippen molar-refractivity contribution in [3.05, 3.63) is 58.6 Å². The average molecular weight is 424 g/mol. The smallest absolute Gasteiger partial charge is 0.254 e. The van der Waals surface area contributed by atoms with Crippen LogP contribution in [0.15, 0.2) is 47.4 Å². The van der Waals surface area contributed by atoms with Gasteiger partial charge in [-0.1, -0.05) is 23.7 Å². The molecule has 2 heterocycles. The first-order valence-corrected chi connectivity index (χ1v) is 9.82. The molecule has 1 unspecified atom stereocenters. The van der Waals surface area contributed by atoms with Crippen molar-refractivity contribution in [2.45, 2.75) is 10.9 Å². The molecule has 0 saturated carbocycles. The van der Waals surface area contributed by atoms with Gasteiger partial charge in [0.25, 0.3) is 5.91 Å². The number of carbonyl (C=O) groups excluding carboxylic acids is 2. The van der Waals surface area contributed by atoms with E-state index in [1.165, 1.54) is 11.8 Å². The Morgan fingerprint density at radius 2 is 2.07 bits per heavy atom. The molecule has 2 aliphatic heterocycles. The van der Waals surface area contributed by atoms with E-state index in [0.29, 0.717) is 35.1 Å². The zero-order valence-electron chi connectivity index (χ0n) is 14.4. The maximum atomic E-state index is 13.2. The number of nitrogens with one attached hydrogen (secondary N) is 2. The van der Waals surface area contributed by atoms with Crippen molar-refractivity contribution in [1.82, 2.24) is 10.2 Å². The van der Waals surface area contributed by atoms with Crippen LogP contribution in [0.25, 0.3) is 0 Å². The minimum atomic E-state index is -0.0741.